The minimum Gasteiger partial charge on any atom is -0.497 e. The average Bonchev–Trinajstić information content (AvgIpc) is 2.70. The minimum atomic E-state index is -0.796. The normalized spacial score (nSPS) is 10.8. The summed E-state index contributed by atoms with van der Waals surface area (Å²) in [6.07, 6.45) is 1.14. The molecule has 146 valence electrons. The average molecular weight is 429 g/mol. The van der Waals surface area contributed by atoms with Crippen molar-refractivity contribution >= 4 is 35.3 Å². The lowest BCUT2D eigenvalue weighted by molar-refractivity contribution is 0.414. The molecule has 0 aliphatic carbocycles. The summed E-state index contributed by atoms with van der Waals surface area (Å²) in [7, 11) is 1.50. The molecule has 10 heteroatoms. The molecule has 0 fully saturated rings. The van der Waals surface area contributed by atoms with Crippen molar-refractivity contribution in [3.63, 3.8) is 0 Å². The quantitative estimate of drug-likeness (QED) is 0.365. The van der Waals surface area contributed by atoms with Gasteiger partial charge < -0.3 is 9.84 Å². The van der Waals surface area contributed by atoms with Gasteiger partial charge in [-0.3, -0.25) is 14.8 Å². The molecule has 1 aromatic heterocycles. The zero-order chi connectivity index (χ0) is 21.0. The van der Waals surface area contributed by atoms with Gasteiger partial charge >= 0.3 is 5.69 Å². The van der Waals surface area contributed by atoms with E-state index in [1.165, 1.54) is 13.2 Å². The van der Waals surface area contributed by atoms with Crippen LogP contribution in [-0.4, -0.2) is 28.0 Å². The number of methoxy groups -OCH3 is 1. The van der Waals surface area contributed by atoms with E-state index in [0.717, 1.165) is 22.5 Å². The summed E-state index contributed by atoms with van der Waals surface area (Å²) in [4.78, 5) is 31.2. The molecule has 3 aromatic rings. The van der Waals surface area contributed by atoms with Crippen LogP contribution in [0, 0.1) is 10.7 Å². The Morgan fingerprint density at radius 2 is 2.00 bits per heavy atom. The molecule has 3 rings (SSSR count). The molecule has 0 aliphatic heterocycles. The number of hydrogen-bond donors (Lipinski definition) is 2. The fourth-order valence-electron chi connectivity index (χ4n) is 2.47. The molecule has 0 saturated carbocycles. The molecular formula is C19H13ClN4O4S. The molecule has 0 aliphatic rings. The van der Waals surface area contributed by atoms with E-state index >= 15 is 0 Å². The zero-order valence-corrected chi connectivity index (χ0v) is 16.5. The molecule has 0 spiro atoms. The molecular weight excluding hydrogens is 416 g/mol. The van der Waals surface area contributed by atoms with E-state index in [4.69, 9.17) is 21.6 Å². The van der Waals surface area contributed by atoms with E-state index in [-0.39, 0.29) is 5.56 Å². The second kappa shape index (κ2) is 8.68. The van der Waals surface area contributed by atoms with Crippen molar-refractivity contribution in [2.75, 3.05) is 7.11 Å². The van der Waals surface area contributed by atoms with Gasteiger partial charge in [0, 0.05) is 11.1 Å². The smallest absolute Gasteiger partial charge is 0.335 e. The Hall–Kier alpha value is -3.48. The monoisotopic (exact) mass is 428 g/mol. The van der Waals surface area contributed by atoms with Gasteiger partial charge in [-0.1, -0.05) is 11.6 Å². The van der Waals surface area contributed by atoms with Gasteiger partial charge in [0.15, 0.2) is 0 Å². The van der Waals surface area contributed by atoms with Gasteiger partial charge in [-0.25, -0.2) is 9.36 Å². The number of benzene rings is 2. The Morgan fingerprint density at radius 1 is 1.28 bits per heavy atom. The van der Waals surface area contributed by atoms with Crippen molar-refractivity contribution in [2.24, 2.45) is 4.99 Å². The van der Waals surface area contributed by atoms with Crippen LogP contribution in [0.25, 0.3) is 5.69 Å². The van der Waals surface area contributed by atoms with Gasteiger partial charge in [0.1, 0.15) is 16.7 Å². The number of aromatic hydroxyl groups is 1. The number of thioether (sulfide) groups is 1. The highest BCUT2D eigenvalue weighted by Crippen LogP contribution is 2.30. The second-order valence-corrected chi connectivity index (χ2v) is 6.83. The number of thiocyanates is 1. The number of ether oxygens (including phenoxy) is 1. The molecule has 29 heavy (non-hydrogen) atoms. The number of aromatic nitrogens is 2. The Morgan fingerprint density at radius 3 is 2.62 bits per heavy atom. The van der Waals surface area contributed by atoms with Crippen molar-refractivity contribution in [3.8, 4) is 22.7 Å². The molecule has 0 amide bonds. The lowest BCUT2D eigenvalue weighted by atomic mass is 10.2. The van der Waals surface area contributed by atoms with E-state index in [1.807, 2.05) is 5.40 Å². The molecule has 0 saturated heterocycles. The van der Waals surface area contributed by atoms with Crippen molar-refractivity contribution in [1.82, 2.24) is 9.55 Å². The fraction of sp³-hybridized carbons (Fsp3) is 0.0526. The number of nitriles is 1. The highest BCUT2D eigenvalue weighted by atomic mass is 35.5. The lowest BCUT2D eigenvalue weighted by Gasteiger charge is -2.10. The van der Waals surface area contributed by atoms with Crippen LogP contribution in [0.1, 0.15) is 5.56 Å². The molecule has 0 atom stereocenters. The van der Waals surface area contributed by atoms with Crippen LogP contribution in [-0.2, 0) is 0 Å². The van der Waals surface area contributed by atoms with Crippen LogP contribution in [0.15, 0.2) is 61.9 Å². The third kappa shape index (κ3) is 4.34. The SMILES string of the molecule is COc1ccc(-n2c(O)c(C=Nc3ccc(SC#N)c(Cl)c3)c(=O)[nH]c2=O)cc1. The predicted molar refractivity (Wildman–Crippen MR) is 111 cm³/mol. The summed E-state index contributed by atoms with van der Waals surface area (Å²) in [5, 5.41) is 21.5. The van der Waals surface area contributed by atoms with Gasteiger partial charge in [-0.15, -0.1) is 0 Å². The first-order valence-corrected chi connectivity index (χ1v) is 9.26. The van der Waals surface area contributed by atoms with Crippen LogP contribution in [0.4, 0.5) is 5.69 Å². The number of nitrogens with zero attached hydrogens (tertiary/aromatic N) is 3. The molecule has 8 nitrogen and oxygen atoms in total. The third-order valence-corrected chi connectivity index (χ3v) is 4.96. The molecule has 0 bridgehead atoms. The van der Waals surface area contributed by atoms with E-state index in [2.05, 4.69) is 9.98 Å². The van der Waals surface area contributed by atoms with Gasteiger partial charge in [-0.2, -0.15) is 5.26 Å². The van der Waals surface area contributed by atoms with Gasteiger partial charge in [0.25, 0.3) is 5.56 Å². The number of rotatable bonds is 5. The predicted octanol–water partition coefficient (Wildman–Crippen LogP) is 3.22. The first-order chi connectivity index (χ1) is 13.9. The maximum Gasteiger partial charge on any atom is 0.335 e. The largest absolute Gasteiger partial charge is 0.497 e. The van der Waals surface area contributed by atoms with Gasteiger partial charge in [0.05, 0.1) is 23.5 Å². The first kappa shape index (κ1) is 20.3. The standard InChI is InChI=1S/C19H13ClN4O4S/c1-28-13-5-3-12(4-6-13)24-18(26)14(17(25)23-19(24)27)9-22-11-2-7-16(29-10-21)15(20)8-11/h2-9,26H,1H3,(H,23,25,27). The summed E-state index contributed by atoms with van der Waals surface area (Å²) in [6, 6.07) is 11.1. The topological polar surface area (TPSA) is 120 Å². The molecule has 2 aromatic carbocycles. The van der Waals surface area contributed by atoms with Crippen LogP contribution >= 0.6 is 23.4 Å². The zero-order valence-electron chi connectivity index (χ0n) is 14.9. The number of halogens is 1. The first-order valence-electron chi connectivity index (χ1n) is 8.07. The van der Waals surface area contributed by atoms with Crippen molar-refractivity contribution in [3.05, 3.63) is 73.9 Å². The minimum absolute atomic E-state index is 0.202. The van der Waals surface area contributed by atoms with E-state index in [0.29, 0.717) is 27.0 Å². The summed E-state index contributed by atoms with van der Waals surface area (Å²) in [5.41, 5.74) is -1.05. The van der Waals surface area contributed by atoms with E-state index in [1.54, 1.807) is 36.4 Å². The number of aromatic amines is 1. The summed E-state index contributed by atoms with van der Waals surface area (Å²) >= 11 is 7.00. The highest BCUT2D eigenvalue weighted by Gasteiger charge is 2.14. The summed E-state index contributed by atoms with van der Waals surface area (Å²) in [6.45, 7) is 0. The van der Waals surface area contributed by atoms with Crippen LogP contribution in [0.3, 0.4) is 0 Å². The van der Waals surface area contributed by atoms with Crippen LogP contribution in [0.5, 0.6) is 11.6 Å². The van der Waals surface area contributed by atoms with Crippen molar-refractivity contribution in [1.29, 1.82) is 5.26 Å². The number of H-pyrrole nitrogens is 1. The Kier molecular flexibility index (Phi) is 6.07. The Labute approximate surface area is 173 Å². The molecule has 1 heterocycles. The summed E-state index contributed by atoms with van der Waals surface area (Å²) < 4.78 is 6.02. The fourth-order valence-corrected chi connectivity index (χ4v) is 3.15. The second-order valence-electron chi connectivity index (χ2n) is 5.60. The van der Waals surface area contributed by atoms with E-state index in [9.17, 15) is 14.7 Å². The third-order valence-electron chi connectivity index (χ3n) is 3.87. The van der Waals surface area contributed by atoms with Crippen LogP contribution < -0.4 is 16.0 Å². The maximum atomic E-state index is 12.2. The Balaban J connectivity index is 2.03. The number of aliphatic imine (C=N–C) groups is 1. The number of hydrogen-bond acceptors (Lipinski definition) is 7. The summed E-state index contributed by atoms with van der Waals surface area (Å²) in [5.74, 6) is 0.0119. The van der Waals surface area contributed by atoms with Crippen molar-refractivity contribution < 1.29 is 9.84 Å². The highest BCUT2D eigenvalue weighted by molar-refractivity contribution is 8.03. The van der Waals surface area contributed by atoms with Gasteiger partial charge in [0.2, 0.25) is 5.88 Å². The molecule has 2 N–H and O–H groups in total. The maximum absolute atomic E-state index is 12.2. The molecule has 0 unspecified atom stereocenters. The van der Waals surface area contributed by atoms with Gasteiger partial charge in [-0.05, 0) is 54.2 Å². The van der Waals surface area contributed by atoms with Crippen molar-refractivity contribution in [2.45, 2.75) is 4.90 Å². The van der Waals surface area contributed by atoms with Crippen LogP contribution in [0.2, 0.25) is 5.02 Å². The van der Waals surface area contributed by atoms with E-state index < -0.39 is 17.1 Å². The Bertz CT molecular complexity index is 1240. The lowest BCUT2D eigenvalue weighted by Crippen LogP contribution is -2.31. The molecule has 0 radical (unpaired) electrons. The number of nitrogens with one attached hydrogen (secondary N) is 1.